The van der Waals surface area contributed by atoms with E-state index in [0.29, 0.717) is 11.6 Å². The molecule has 0 radical (unpaired) electrons. The largest absolute Gasteiger partial charge is 0.357 e. The smallest absolute Gasteiger partial charge is 0.191 e. The first-order valence-electron chi connectivity index (χ1n) is 8.98. The van der Waals surface area contributed by atoms with Crippen molar-refractivity contribution in [2.75, 3.05) is 24.5 Å². The van der Waals surface area contributed by atoms with Gasteiger partial charge in [0.2, 0.25) is 0 Å². The first-order valence-corrected chi connectivity index (χ1v) is 9.36. The third-order valence-electron chi connectivity index (χ3n) is 4.33. The lowest BCUT2D eigenvalue weighted by Crippen LogP contribution is -2.44. The maximum atomic E-state index is 6.27. The van der Waals surface area contributed by atoms with Gasteiger partial charge in [-0.2, -0.15) is 0 Å². The molecule has 2 aromatic rings. The number of nitrogens with one attached hydrogen (secondary N) is 2. The van der Waals surface area contributed by atoms with Crippen molar-refractivity contribution in [2.45, 2.75) is 39.4 Å². The predicted molar refractivity (Wildman–Crippen MR) is 104 cm³/mol. The SMILES string of the molecule is CCNC(=NCc1nncn1CC)NC1CCN(c2ncccc2Cl)C1. The first-order chi connectivity index (χ1) is 12.7. The number of halogens is 1. The molecule has 2 N–H and O–H groups in total. The highest BCUT2D eigenvalue weighted by atomic mass is 35.5. The maximum absolute atomic E-state index is 6.27. The van der Waals surface area contributed by atoms with Crippen molar-refractivity contribution in [3.63, 3.8) is 0 Å². The van der Waals surface area contributed by atoms with Crippen LogP contribution in [0.1, 0.15) is 26.1 Å². The zero-order valence-electron chi connectivity index (χ0n) is 15.2. The Bertz CT molecular complexity index is 744. The third-order valence-corrected chi connectivity index (χ3v) is 4.62. The summed E-state index contributed by atoms with van der Waals surface area (Å²) in [4.78, 5) is 11.3. The van der Waals surface area contributed by atoms with Crippen LogP contribution in [0, 0.1) is 0 Å². The quantitative estimate of drug-likeness (QED) is 0.589. The van der Waals surface area contributed by atoms with E-state index in [1.165, 1.54) is 0 Å². The summed E-state index contributed by atoms with van der Waals surface area (Å²) in [5.74, 6) is 2.49. The van der Waals surface area contributed by atoms with Crippen molar-refractivity contribution in [1.29, 1.82) is 0 Å². The minimum Gasteiger partial charge on any atom is -0.357 e. The van der Waals surface area contributed by atoms with Crippen molar-refractivity contribution in [1.82, 2.24) is 30.4 Å². The Morgan fingerprint density at radius 3 is 3.08 bits per heavy atom. The van der Waals surface area contributed by atoms with Crippen molar-refractivity contribution >= 4 is 23.4 Å². The fraction of sp³-hybridized carbons (Fsp3) is 0.529. The summed E-state index contributed by atoms with van der Waals surface area (Å²) in [6.45, 7) is 8.01. The molecule has 1 unspecified atom stereocenters. The highest BCUT2D eigenvalue weighted by Crippen LogP contribution is 2.25. The molecule has 26 heavy (non-hydrogen) atoms. The summed E-state index contributed by atoms with van der Waals surface area (Å²) in [5, 5.41) is 15.6. The number of hydrogen-bond donors (Lipinski definition) is 2. The molecule has 0 amide bonds. The molecule has 0 aliphatic carbocycles. The highest BCUT2D eigenvalue weighted by molar-refractivity contribution is 6.32. The van der Waals surface area contributed by atoms with Gasteiger partial charge in [0.05, 0.1) is 5.02 Å². The van der Waals surface area contributed by atoms with Crippen LogP contribution in [0.3, 0.4) is 0 Å². The number of aliphatic imine (C=N–C) groups is 1. The van der Waals surface area contributed by atoms with Gasteiger partial charge in [0, 0.05) is 38.4 Å². The van der Waals surface area contributed by atoms with Crippen LogP contribution in [0.4, 0.5) is 5.82 Å². The molecule has 3 heterocycles. The monoisotopic (exact) mass is 376 g/mol. The highest BCUT2D eigenvalue weighted by Gasteiger charge is 2.25. The fourth-order valence-corrected chi connectivity index (χ4v) is 3.25. The van der Waals surface area contributed by atoms with Gasteiger partial charge < -0.3 is 20.1 Å². The molecule has 1 atom stereocenters. The topological polar surface area (TPSA) is 83.3 Å². The normalized spacial score (nSPS) is 17.6. The van der Waals surface area contributed by atoms with E-state index in [9.17, 15) is 0 Å². The summed E-state index contributed by atoms with van der Waals surface area (Å²) in [6, 6.07) is 4.01. The van der Waals surface area contributed by atoms with E-state index in [2.05, 4.69) is 49.6 Å². The zero-order valence-corrected chi connectivity index (χ0v) is 15.9. The second-order valence-electron chi connectivity index (χ2n) is 6.11. The van der Waals surface area contributed by atoms with Gasteiger partial charge >= 0.3 is 0 Å². The number of hydrogen-bond acceptors (Lipinski definition) is 5. The molecule has 140 valence electrons. The van der Waals surface area contributed by atoms with Crippen LogP contribution in [0.25, 0.3) is 0 Å². The van der Waals surface area contributed by atoms with Gasteiger partial charge in [-0.1, -0.05) is 11.6 Å². The van der Waals surface area contributed by atoms with Crippen LogP contribution in [0.15, 0.2) is 29.6 Å². The van der Waals surface area contributed by atoms with Gasteiger partial charge in [0.15, 0.2) is 11.8 Å². The summed E-state index contributed by atoms with van der Waals surface area (Å²) >= 11 is 6.27. The van der Waals surface area contributed by atoms with Crippen LogP contribution >= 0.6 is 11.6 Å². The van der Waals surface area contributed by atoms with Crippen LogP contribution in [0.2, 0.25) is 5.02 Å². The average Bonchev–Trinajstić information content (AvgIpc) is 3.29. The Balaban J connectivity index is 1.62. The van der Waals surface area contributed by atoms with E-state index in [1.807, 2.05) is 16.7 Å². The number of pyridine rings is 1. The molecular weight excluding hydrogens is 352 g/mol. The molecule has 3 rings (SSSR count). The van der Waals surface area contributed by atoms with Crippen molar-refractivity contribution in [3.8, 4) is 0 Å². The standard InChI is InChI=1S/C17H25ClN8/c1-3-19-17(21-10-15-24-22-12-25(15)4-2)23-13-7-9-26(11-13)16-14(18)6-5-8-20-16/h5-6,8,12-13H,3-4,7,9-11H2,1-2H3,(H2,19,21,23). The zero-order chi connectivity index (χ0) is 18.4. The Morgan fingerprint density at radius 1 is 1.42 bits per heavy atom. The molecule has 9 heteroatoms. The average molecular weight is 377 g/mol. The molecule has 1 aliphatic rings. The number of aryl methyl sites for hydroxylation is 1. The number of guanidine groups is 1. The Labute approximate surface area is 158 Å². The summed E-state index contributed by atoms with van der Waals surface area (Å²) in [5.41, 5.74) is 0. The third kappa shape index (κ3) is 4.43. The molecule has 1 saturated heterocycles. The second kappa shape index (κ2) is 8.84. The van der Waals surface area contributed by atoms with Gasteiger partial charge in [-0.15, -0.1) is 10.2 Å². The Kier molecular flexibility index (Phi) is 6.27. The number of anilines is 1. The molecule has 8 nitrogen and oxygen atoms in total. The van der Waals surface area contributed by atoms with E-state index < -0.39 is 0 Å². The second-order valence-corrected chi connectivity index (χ2v) is 6.52. The van der Waals surface area contributed by atoms with Crippen molar-refractivity contribution in [2.24, 2.45) is 4.99 Å². The summed E-state index contributed by atoms with van der Waals surface area (Å²) in [6.07, 6.45) is 4.51. The van der Waals surface area contributed by atoms with E-state index >= 15 is 0 Å². The Morgan fingerprint density at radius 2 is 2.31 bits per heavy atom. The Hall–Kier alpha value is -2.35. The lowest BCUT2D eigenvalue weighted by molar-refractivity contribution is 0.643. The van der Waals surface area contributed by atoms with Crippen LogP contribution in [-0.2, 0) is 13.1 Å². The first kappa shape index (κ1) is 18.4. The van der Waals surface area contributed by atoms with Gasteiger partial charge in [-0.05, 0) is 32.4 Å². The number of nitrogens with zero attached hydrogens (tertiary/aromatic N) is 6. The van der Waals surface area contributed by atoms with E-state index in [4.69, 9.17) is 11.6 Å². The molecule has 0 spiro atoms. The van der Waals surface area contributed by atoms with Gasteiger partial charge in [-0.25, -0.2) is 9.98 Å². The number of rotatable bonds is 6. The summed E-state index contributed by atoms with van der Waals surface area (Å²) in [7, 11) is 0. The molecule has 1 aliphatic heterocycles. The van der Waals surface area contributed by atoms with Gasteiger partial charge in [0.1, 0.15) is 18.7 Å². The molecule has 0 saturated carbocycles. The molecular formula is C17H25ClN8. The predicted octanol–water partition coefficient (Wildman–Crippen LogP) is 1.68. The van der Waals surface area contributed by atoms with Gasteiger partial charge in [-0.3, -0.25) is 0 Å². The maximum Gasteiger partial charge on any atom is 0.191 e. The van der Waals surface area contributed by atoms with Crippen molar-refractivity contribution < 1.29 is 0 Å². The van der Waals surface area contributed by atoms with E-state index in [0.717, 1.165) is 50.2 Å². The van der Waals surface area contributed by atoms with Crippen LogP contribution in [0.5, 0.6) is 0 Å². The minimum absolute atomic E-state index is 0.287. The molecule has 0 aromatic carbocycles. The molecule has 1 fully saturated rings. The lowest BCUT2D eigenvalue weighted by atomic mass is 10.3. The van der Waals surface area contributed by atoms with Gasteiger partial charge in [0.25, 0.3) is 0 Å². The van der Waals surface area contributed by atoms with Crippen LogP contribution in [-0.4, -0.2) is 51.4 Å². The van der Waals surface area contributed by atoms with Crippen molar-refractivity contribution in [3.05, 3.63) is 35.5 Å². The fourth-order valence-electron chi connectivity index (χ4n) is 3.01. The lowest BCUT2D eigenvalue weighted by Gasteiger charge is -2.20. The summed E-state index contributed by atoms with van der Waals surface area (Å²) < 4.78 is 1.99. The minimum atomic E-state index is 0.287. The molecule has 0 bridgehead atoms. The van der Waals surface area contributed by atoms with Crippen LogP contribution < -0.4 is 15.5 Å². The molecule has 2 aromatic heterocycles. The van der Waals surface area contributed by atoms with E-state index in [1.54, 1.807) is 12.5 Å². The number of aromatic nitrogens is 4. The van der Waals surface area contributed by atoms with E-state index in [-0.39, 0.29) is 6.04 Å².